The molecular formula is C21H20N4O5. The average molecular weight is 408 g/mol. The predicted molar refractivity (Wildman–Crippen MR) is 106 cm³/mol. The van der Waals surface area contributed by atoms with E-state index in [9.17, 15) is 19.2 Å². The lowest BCUT2D eigenvalue weighted by Crippen LogP contribution is -2.68. The molecule has 3 rings (SSSR count). The third-order valence-corrected chi connectivity index (χ3v) is 5.24. The fraction of sp³-hybridized carbons (Fsp3) is 0.333. The maximum absolute atomic E-state index is 13.2. The number of amides is 2. The van der Waals surface area contributed by atoms with Crippen LogP contribution in [-0.4, -0.2) is 53.0 Å². The monoisotopic (exact) mass is 408 g/mol. The van der Waals surface area contributed by atoms with E-state index in [1.807, 2.05) is 0 Å². The summed E-state index contributed by atoms with van der Waals surface area (Å²) in [5, 5.41) is 16.6. The normalized spacial score (nSPS) is 20.7. The first-order chi connectivity index (χ1) is 14.3. The molecule has 1 unspecified atom stereocenters. The van der Waals surface area contributed by atoms with E-state index in [0.717, 1.165) is 0 Å². The van der Waals surface area contributed by atoms with Crippen molar-refractivity contribution in [2.75, 3.05) is 18.1 Å². The number of carbonyl (C=O) groups is 4. The molecule has 0 saturated carbocycles. The zero-order valence-corrected chi connectivity index (χ0v) is 16.4. The molecule has 1 aromatic rings. The maximum atomic E-state index is 13.2. The summed E-state index contributed by atoms with van der Waals surface area (Å²) >= 11 is 0. The number of fused-ring (bicyclic) bond motifs is 3. The van der Waals surface area contributed by atoms with Crippen LogP contribution in [0.4, 0.5) is 5.69 Å². The van der Waals surface area contributed by atoms with Gasteiger partial charge in [0, 0.05) is 25.1 Å². The van der Waals surface area contributed by atoms with Crippen molar-refractivity contribution in [1.82, 2.24) is 4.90 Å². The Bertz CT molecular complexity index is 1010. The Balaban J connectivity index is 2.00. The van der Waals surface area contributed by atoms with Crippen LogP contribution in [0.3, 0.4) is 0 Å². The van der Waals surface area contributed by atoms with E-state index in [1.54, 1.807) is 30.3 Å². The average Bonchev–Trinajstić information content (AvgIpc) is 3.08. The van der Waals surface area contributed by atoms with E-state index >= 15 is 0 Å². The molecule has 9 nitrogen and oxygen atoms in total. The molecule has 0 aliphatic carbocycles. The molecule has 0 spiro atoms. The Hall–Kier alpha value is -3.80. The first kappa shape index (κ1) is 20.9. The molecule has 1 saturated heterocycles. The van der Waals surface area contributed by atoms with Gasteiger partial charge in [-0.2, -0.15) is 5.26 Å². The lowest BCUT2D eigenvalue weighted by molar-refractivity contribution is -0.159. The topological polar surface area (TPSA) is 132 Å². The standard InChI is InChI=1S/C21H20N4O5/c1-3-10-24-19(28)14-6-4-5-7-16(14)25-18(27)8-9-21(24,25)20(29)30-12-17(26)15(11-22)13(2)23/h3-7,15,23H,1,8-10,12H2,2H3/t15?,21-/m1/s1. The molecule has 9 heteroatoms. The van der Waals surface area contributed by atoms with Gasteiger partial charge in [-0.1, -0.05) is 18.2 Å². The zero-order valence-electron chi connectivity index (χ0n) is 16.4. The second kappa shape index (κ2) is 7.91. The van der Waals surface area contributed by atoms with E-state index in [1.165, 1.54) is 22.8 Å². The van der Waals surface area contributed by atoms with Gasteiger partial charge in [0.05, 0.1) is 17.3 Å². The highest BCUT2D eigenvalue weighted by Gasteiger charge is 2.61. The van der Waals surface area contributed by atoms with Crippen molar-refractivity contribution in [2.45, 2.75) is 25.4 Å². The van der Waals surface area contributed by atoms with Gasteiger partial charge in [0.1, 0.15) is 5.92 Å². The minimum Gasteiger partial charge on any atom is -0.454 e. The number of Topliss-reactive ketones (excluding diaryl/α,β-unsaturated/α-hetero) is 1. The van der Waals surface area contributed by atoms with Crippen molar-refractivity contribution in [1.29, 1.82) is 10.7 Å². The Morgan fingerprint density at radius 1 is 1.40 bits per heavy atom. The number of para-hydroxylation sites is 1. The summed E-state index contributed by atoms with van der Waals surface area (Å²) in [6.45, 7) is 4.19. The van der Waals surface area contributed by atoms with Crippen LogP contribution in [0.5, 0.6) is 0 Å². The SMILES string of the molecule is C=CCN1C(=O)c2ccccc2N2C(=O)CC[C@@]12C(=O)OCC(=O)C(C#N)C(C)=N. The smallest absolute Gasteiger partial charge is 0.354 e. The largest absolute Gasteiger partial charge is 0.454 e. The quantitative estimate of drug-likeness (QED) is 0.413. The summed E-state index contributed by atoms with van der Waals surface area (Å²) in [5.41, 5.74) is -1.32. The van der Waals surface area contributed by atoms with Gasteiger partial charge in [-0.3, -0.25) is 19.3 Å². The van der Waals surface area contributed by atoms with Crippen LogP contribution in [0.25, 0.3) is 0 Å². The lowest BCUT2D eigenvalue weighted by atomic mass is 9.96. The van der Waals surface area contributed by atoms with Gasteiger partial charge < -0.3 is 15.0 Å². The minimum atomic E-state index is -1.74. The van der Waals surface area contributed by atoms with Gasteiger partial charge >= 0.3 is 5.97 Å². The summed E-state index contributed by atoms with van der Waals surface area (Å²) in [4.78, 5) is 53.8. The molecule has 154 valence electrons. The fourth-order valence-electron chi connectivity index (χ4n) is 3.88. The van der Waals surface area contributed by atoms with Crippen molar-refractivity contribution in [2.24, 2.45) is 5.92 Å². The number of nitrogens with one attached hydrogen (secondary N) is 1. The highest BCUT2D eigenvalue weighted by Crippen LogP contribution is 2.45. The molecule has 0 bridgehead atoms. The predicted octanol–water partition coefficient (Wildman–Crippen LogP) is 1.44. The minimum absolute atomic E-state index is 0.00194. The van der Waals surface area contributed by atoms with E-state index in [2.05, 4.69) is 6.58 Å². The highest BCUT2D eigenvalue weighted by molar-refractivity contribution is 6.16. The number of hydrogen-bond acceptors (Lipinski definition) is 7. The van der Waals surface area contributed by atoms with E-state index < -0.39 is 35.8 Å². The third kappa shape index (κ3) is 3.06. The number of nitriles is 1. The summed E-state index contributed by atoms with van der Waals surface area (Å²) in [5.74, 6) is -3.81. The second-order valence-electron chi connectivity index (χ2n) is 7.05. The van der Waals surface area contributed by atoms with Crippen LogP contribution in [-0.2, 0) is 19.1 Å². The Kier molecular flexibility index (Phi) is 5.52. The van der Waals surface area contributed by atoms with Crippen LogP contribution >= 0.6 is 0 Å². The first-order valence-corrected chi connectivity index (χ1v) is 9.29. The first-order valence-electron chi connectivity index (χ1n) is 9.29. The molecule has 1 N–H and O–H groups in total. The van der Waals surface area contributed by atoms with Crippen LogP contribution in [0.15, 0.2) is 36.9 Å². The van der Waals surface area contributed by atoms with Crippen molar-refractivity contribution in [3.8, 4) is 6.07 Å². The molecule has 2 aliphatic rings. The van der Waals surface area contributed by atoms with Crippen molar-refractivity contribution < 1.29 is 23.9 Å². The van der Waals surface area contributed by atoms with Gasteiger partial charge in [-0.05, 0) is 19.1 Å². The molecule has 30 heavy (non-hydrogen) atoms. The molecule has 1 fully saturated rings. The maximum Gasteiger partial charge on any atom is 0.354 e. The summed E-state index contributed by atoms with van der Waals surface area (Å²) in [6.07, 6.45) is 1.45. The van der Waals surface area contributed by atoms with Gasteiger partial charge in [-0.25, -0.2) is 4.79 Å². The molecule has 2 heterocycles. The van der Waals surface area contributed by atoms with Crippen LogP contribution < -0.4 is 4.90 Å². The number of esters is 1. The van der Waals surface area contributed by atoms with Gasteiger partial charge in [0.2, 0.25) is 11.6 Å². The molecule has 1 aromatic carbocycles. The molecule has 2 aliphatic heterocycles. The Labute approximate surface area is 173 Å². The number of ether oxygens (including phenoxy) is 1. The molecule has 2 amide bonds. The van der Waals surface area contributed by atoms with Gasteiger partial charge in [0.25, 0.3) is 5.91 Å². The van der Waals surface area contributed by atoms with E-state index in [0.29, 0.717) is 5.69 Å². The fourth-order valence-corrected chi connectivity index (χ4v) is 3.88. The van der Waals surface area contributed by atoms with E-state index in [-0.39, 0.29) is 36.6 Å². The number of carbonyl (C=O) groups excluding carboxylic acids is 4. The van der Waals surface area contributed by atoms with Gasteiger partial charge in [-0.15, -0.1) is 6.58 Å². The Morgan fingerprint density at radius 2 is 2.10 bits per heavy atom. The summed E-state index contributed by atoms with van der Waals surface area (Å²) in [7, 11) is 0. The molecular weight excluding hydrogens is 388 g/mol. The van der Waals surface area contributed by atoms with Crippen molar-refractivity contribution in [3.05, 3.63) is 42.5 Å². The Morgan fingerprint density at radius 3 is 2.73 bits per heavy atom. The van der Waals surface area contributed by atoms with Crippen LogP contribution in [0.2, 0.25) is 0 Å². The third-order valence-electron chi connectivity index (χ3n) is 5.24. The number of ketones is 1. The van der Waals surface area contributed by atoms with Gasteiger partial charge in [0.15, 0.2) is 12.4 Å². The van der Waals surface area contributed by atoms with Crippen LogP contribution in [0, 0.1) is 22.7 Å². The van der Waals surface area contributed by atoms with E-state index in [4.69, 9.17) is 15.4 Å². The number of anilines is 1. The molecule has 0 radical (unpaired) electrons. The van der Waals surface area contributed by atoms with Crippen molar-refractivity contribution in [3.63, 3.8) is 0 Å². The summed E-state index contributed by atoms with van der Waals surface area (Å²) in [6, 6.07) is 8.17. The second-order valence-corrected chi connectivity index (χ2v) is 7.05. The zero-order chi connectivity index (χ0) is 22.1. The molecule has 0 aromatic heterocycles. The number of benzene rings is 1. The van der Waals surface area contributed by atoms with Crippen LogP contribution in [0.1, 0.15) is 30.1 Å². The lowest BCUT2D eigenvalue weighted by Gasteiger charge is -2.48. The number of rotatable bonds is 7. The summed E-state index contributed by atoms with van der Waals surface area (Å²) < 4.78 is 5.21. The highest BCUT2D eigenvalue weighted by atomic mass is 16.5. The van der Waals surface area contributed by atoms with Crippen molar-refractivity contribution >= 4 is 35.0 Å². The molecule has 2 atom stereocenters. The number of nitrogens with zero attached hydrogens (tertiary/aromatic N) is 3. The number of hydrogen-bond donors (Lipinski definition) is 1.